The number of esters is 1. The molecule has 4 unspecified atom stereocenters. The Morgan fingerprint density at radius 2 is 1.45 bits per heavy atom. The van der Waals surface area contributed by atoms with Crippen molar-refractivity contribution in [1.82, 2.24) is 19.2 Å². The molecule has 4 N–H and O–H groups in total. The first-order chi connectivity index (χ1) is 22.8. The van der Waals surface area contributed by atoms with Crippen molar-refractivity contribution in [3.05, 3.63) is 59.5 Å². The van der Waals surface area contributed by atoms with E-state index in [0.29, 0.717) is 59.3 Å². The van der Waals surface area contributed by atoms with Crippen molar-refractivity contribution in [3.8, 4) is 5.75 Å². The van der Waals surface area contributed by atoms with Gasteiger partial charge in [0.15, 0.2) is 17.1 Å². The predicted octanol–water partition coefficient (Wildman–Crippen LogP) is 3.44. The number of nitrogens with one attached hydrogen (secondary N) is 2. The first kappa shape index (κ1) is 39.3. The summed E-state index contributed by atoms with van der Waals surface area (Å²) in [5.74, 6) is -0.101. The number of carbonyl (C=O) groups excluding carboxylic acids is 2. The van der Waals surface area contributed by atoms with Crippen LogP contribution in [0.3, 0.4) is 0 Å². The zero-order valence-electron chi connectivity index (χ0n) is 28.4. The van der Waals surface area contributed by atoms with Crippen LogP contribution in [-0.4, -0.2) is 66.9 Å². The van der Waals surface area contributed by atoms with Gasteiger partial charge in [0.2, 0.25) is 5.69 Å². The number of carboxylic acids is 1. The van der Waals surface area contributed by atoms with Crippen molar-refractivity contribution in [2.45, 2.75) is 84.2 Å². The minimum Gasteiger partial charge on any atom is -0.870 e. The molecule has 2 aliphatic rings. The molecular formula is C34H42N7NaO7. The normalized spacial score (nSPS) is 20.0. The number of anilines is 2. The Balaban J connectivity index is 0.000000255. The molecule has 0 amide bonds. The number of carbonyl (C=O) groups is 3. The molecule has 4 aromatic heterocycles. The van der Waals surface area contributed by atoms with Gasteiger partial charge in [-0.05, 0) is 68.7 Å². The van der Waals surface area contributed by atoms with Crippen LogP contribution < -0.4 is 44.9 Å². The molecule has 6 rings (SSSR count). The summed E-state index contributed by atoms with van der Waals surface area (Å²) in [5.41, 5.74) is 3.62. The molecule has 4 aromatic rings. The molecule has 2 aliphatic carbocycles. The quantitative estimate of drug-likeness (QED) is 0.102. The molecular weight excluding hydrogens is 641 g/mol. The summed E-state index contributed by atoms with van der Waals surface area (Å²) >= 11 is 0. The number of aromatic nitrogens is 4. The van der Waals surface area contributed by atoms with Gasteiger partial charge in [0.1, 0.15) is 5.69 Å². The Morgan fingerprint density at radius 1 is 0.918 bits per heavy atom. The molecule has 0 aromatic carbocycles. The Hall–Kier alpha value is -4.16. The van der Waals surface area contributed by atoms with Gasteiger partial charge < -0.3 is 30.7 Å². The minimum absolute atomic E-state index is 0. The Bertz CT molecular complexity index is 1800. The SMILES string of the molecule is CC1CCCCC1Nc1c(OC=O)cnn2c(C(=O)O)ccc12.[C-]#[N+]c1cnn2c(C(=O)OCC)ccc2c1NC1CCCCC1C.[Na+].[OH-]. The first-order valence-electron chi connectivity index (χ1n) is 16.2. The van der Waals surface area contributed by atoms with Crippen molar-refractivity contribution < 1.29 is 64.0 Å². The topological polar surface area (TPSA) is 183 Å². The Kier molecular flexibility index (Phi) is 14.4. The number of hydrogen-bond acceptors (Lipinski definition) is 10. The third kappa shape index (κ3) is 8.72. The molecule has 0 bridgehead atoms. The third-order valence-corrected chi connectivity index (χ3v) is 9.19. The summed E-state index contributed by atoms with van der Waals surface area (Å²) in [6, 6.07) is 7.28. The number of carboxylic acid groups (broad SMARTS) is 1. The minimum atomic E-state index is -1.06. The molecule has 15 heteroatoms. The number of rotatable bonds is 9. The standard InChI is InChI=1S/C18H22N4O2.C16H19N3O4.Na.H2O/c1-4-24-18(23)16-10-9-15-17(14(19-3)11-20-22(15)16)21-13-8-6-5-7-12(13)2;1-10-4-2-3-5-11(10)18-15-12-6-7-13(16(21)22)19(12)17-8-14(15)23-9-20;;/h9-13,21H,4-8H2,1-2H3;6-11,18H,2-5H2,1H3,(H,21,22);;1H2/q;;+1;/p-1. The van der Waals surface area contributed by atoms with Crippen LogP contribution in [0, 0.1) is 18.4 Å². The Morgan fingerprint density at radius 3 is 2.00 bits per heavy atom. The van der Waals surface area contributed by atoms with Crippen molar-refractivity contribution in [2.24, 2.45) is 11.8 Å². The number of ether oxygens (including phenoxy) is 2. The van der Waals surface area contributed by atoms with E-state index in [1.54, 1.807) is 23.6 Å². The van der Waals surface area contributed by atoms with E-state index in [0.717, 1.165) is 36.9 Å². The maximum absolute atomic E-state index is 12.1. The molecule has 2 saturated carbocycles. The van der Waals surface area contributed by atoms with E-state index < -0.39 is 11.9 Å². The summed E-state index contributed by atoms with van der Waals surface area (Å²) in [4.78, 5) is 37.7. The average molecular weight is 684 g/mol. The van der Waals surface area contributed by atoms with Gasteiger partial charge in [0.25, 0.3) is 6.47 Å². The second-order valence-corrected chi connectivity index (χ2v) is 12.2. The van der Waals surface area contributed by atoms with Gasteiger partial charge in [-0.15, -0.1) is 0 Å². The largest absolute Gasteiger partial charge is 1.00 e. The third-order valence-electron chi connectivity index (χ3n) is 9.19. The van der Waals surface area contributed by atoms with Crippen LogP contribution in [0.1, 0.15) is 93.1 Å². The van der Waals surface area contributed by atoms with E-state index in [-0.39, 0.29) is 46.8 Å². The van der Waals surface area contributed by atoms with E-state index >= 15 is 0 Å². The monoisotopic (exact) mass is 683 g/mol. The maximum Gasteiger partial charge on any atom is 1.00 e. The predicted molar refractivity (Wildman–Crippen MR) is 178 cm³/mol. The van der Waals surface area contributed by atoms with E-state index in [9.17, 15) is 19.5 Å². The fraction of sp³-hybridized carbons (Fsp3) is 0.471. The van der Waals surface area contributed by atoms with Crippen LogP contribution >= 0.6 is 0 Å². The zero-order chi connectivity index (χ0) is 33.5. The molecule has 256 valence electrons. The van der Waals surface area contributed by atoms with E-state index in [1.165, 1.54) is 48.7 Å². The van der Waals surface area contributed by atoms with Gasteiger partial charge in [0, 0.05) is 12.1 Å². The van der Waals surface area contributed by atoms with Gasteiger partial charge in [-0.25, -0.2) is 23.5 Å². The zero-order valence-corrected chi connectivity index (χ0v) is 30.4. The number of aromatic carboxylic acids is 1. The van der Waals surface area contributed by atoms with Crippen LogP contribution in [0.2, 0.25) is 0 Å². The molecule has 0 spiro atoms. The van der Waals surface area contributed by atoms with E-state index in [1.807, 2.05) is 6.07 Å². The average Bonchev–Trinajstić information content (AvgIpc) is 3.70. The van der Waals surface area contributed by atoms with Gasteiger partial charge in [0.05, 0.1) is 42.3 Å². The van der Waals surface area contributed by atoms with Crippen LogP contribution in [0.25, 0.3) is 15.9 Å². The fourth-order valence-electron chi connectivity index (χ4n) is 6.57. The summed E-state index contributed by atoms with van der Waals surface area (Å²) in [6.45, 7) is 14.3. The second kappa shape index (κ2) is 18.0. The van der Waals surface area contributed by atoms with Crippen LogP contribution in [0.5, 0.6) is 5.75 Å². The molecule has 49 heavy (non-hydrogen) atoms. The van der Waals surface area contributed by atoms with Crippen molar-refractivity contribution >= 4 is 46.5 Å². The van der Waals surface area contributed by atoms with Gasteiger partial charge in [-0.1, -0.05) is 39.5 Å². The van der Waals surface area contributed by atoms with Gasteiger partial charge in [-0.2, -0.15) is 10.2 Å². The molecule has 0 aliphatic heterocycles. The van der Waals surface area contributed by atoms with Gasteiger partial charge >= 0.3 is 41.5 Å². The van der Waals surface area contributed by atoms with Crippen LogP contribution in [0.4, 0.5) is 17.1 Å². The van der Waals surface area contributed by atoms with E-state index in [4.69, 9.17) is 16.0 Å². The number of hydrogen-bond donors (Lipinski definition) is 3. The van der Waals surface area contributed by atoms with Crippen LogP contribution in [-0.2, 0) is 9.53 Å². The summed E-state index contributed by atoms with van der Waals surface area (Å²) in [6.07, 6.45) is 12.2. The summed E-state index contributed by atoms with van der Waals surface area (Å²) in [5, 5.41) is 24.5. The fourth-order valence-corrected chi connectivity index (χ4v) is 6.57. The molecule has 4 heterocycles. The maximum atomic E-state index is 12.1. The molecule has 14 nitrogen and oxygen atoms in total. The molecule has 2 fully saturated rings. The molecule has 0 saturated heterocycles. The van der Waals surface area contributed by atoms with Crippen molar-refractivity contribution in [3.63, 3.8) is 0 Å². The second-order valence-electron chi connectivity index (χ2n) is 12.2. The summed E-state index contributed by atoms with van der Waals surface area (Å²) in [7, 11) is 0. The van der Waals surface area contributed by atoms with Gasteiger partial charge in [-0.3, -0.25) is 4.79 Å². The Labute approximate surface area is 306 Å². The van der Waals surface area contributed by atoms with Crippen LogP contribution in [0.15, 0.2) is 36.7 Å². The molecule has 0 radical (unpaired) electrons. The smallest absolute Gasteiger partial charge is 0.870 e. The summed E-state index contributed by atoms with van der Waals surface area (Å²) < 4.78 is 13.0. The number of fused-ring (bicyclic) bond motifs is 2. The first-order valence-corrected chi connectivity index (χ1v) is 16.2. The van der Waals surface area contributed by atoms with E-state index in [2.05, 4.69) is 39.5 Å². The number of nitrogens with zero attached hydrogens (tertiary/aromatic N) is 5. The van der Waals surface area contributed by atoms with Crippen molar-refractivity contribution in [2.75, 3.05) is 17.2 Å². The molecule has 4 atom stereocenters. The van der Waals surface area contributed by atoms with Crippen molar-refractivity contribution in [1.29, 1.82) is 0 Å².